The molecule has 1 saturated heterocycles. The Bertz CT molecular complexity index is 919. The van der Waals surface area contributed by atoms with Crippen LogP contribution in [0.3, 0.4) is 0 Å². The lowest BCUT2D eigenvalue weighted by molar-refractivity contribution is -0.131. The van der Waals surface area contributed by atoms with Crippen LogP contribution in [0.1, 0.15) is 51.7 Å². The molecule has 0 aliphatic carbocycles. The Kier molecular flexibility index (Phi) is 7.61. The van der Waals surface area contributed by atoms with Gasteiger partial charge in [-0.1, -0.05) is 38.1 Å². The molecule has 3 rings (SSSR count). The van der Waals surface area contributed by atoms with Gasteiger partial charge in [0.05, 0.1) is 19.6 Å². The predicted molar refractivity (Wildman–Crippen MR) is 127 cm³/mol. The molecule has 1 aliphatic rings. The number of pyridine rings is 1. The third-order valence-electron chi connectivity index (χ3n) is 5.89. The minimum atomic E-state index is -0.626. The summed E-state index contributed by atoms with van der Waals surface area (Å²) in [6, 6.07) is 11.8. The first-order valence-corrected chi connectivity index (χ1v) is 10.4. The zero-order valence-electron chi connectivity index (χ0n) is 19.5. The normalized spacial score (nSPS) is 15.6. The molecule has 1 amide bonds. The smallest absolute Gasteiger partial charge is 0.240 e. The van der Waals surface area contributed by atoms with Crippen LogP contribution in [0.25, 0.3) is 0 Å². The molecule has 0 radical (unpaired) electrons. The number of anilines is 1. The number of carbonyl (C=O) groups excluding carboxylic acids is 1. The van der Waals surface area contributed by atoms with E-state index in [2.05, 4.69) is 62.0 Å². The van der Waals surface area contributed by atoms with E-state index in [-0.39, 0.29) is 23.9 Å². The molecule has 0 atom stereocenters. The Labute approximate surface area is 191 Å². The standard InChI is InChI=1S/C24H33N3O3.ClH/c1-16(2)17-10-8-9-11-18(17)24(14-27(15-24)23(3,4)5)22(28)25-19-12-13-20(29-6)26-21(19)30-7;/h8-13,16H,14-15H2,1-7H3,(H,25,28);1H. The van der Waals surface area contributed by atoms with E-state index in [4.69, 9.17) is 9.47 Å². The molecule has 1 N–H and O–H groups in total. The van der Waals surface area contributed by atoms with Crippen LogP contribution >= 0.6 is 12.4 Å². The molecular weight excluding hydrogens is 414 g/mol. The molecule has 2 aromatic rings. The number of ether oxygens (including phenoxy) is 2. The van der Waals surface area contributed by atoms with Gasteiger partial charge in [-0.15, -0.1) is 12.4 Å². The first-order valence-electron chi connectivity index (χ1n) is 10.4. The van der Waals surface area contributed by atoms with Crippen molar-refractivity contribution >= 4 is 24.0 Å². The second-order valence-electron chi connectivity index (χ2n) is 9.22. The van der Waals surface area contributed by atoms with E-state index >= 15 is 0 Å². The maximum atomic E-state index is 13.7. The first-order chi connectivity index (χ1) is 14.1. The number of hydrogen-bond donors (Lipinski definition) is 1. The van der Waals surface area contributed by atoms with Gasteiger partial charge in [-0.2, -0.15) is 4.98 Å². The second kappa shape index (κ2) is 9.45. The number of methoxy groups -OCH3 is 2. The summed E-state index contributed by atoms with van der Waals surface area (Å²) in [5.41, 5.74) is 2.22. The van der Waals surface area contributed by atoms with E-state index in [1.807, 2.05) is 12.1 Å². The van der Waals surface area contributed by atoms with Crippen LogP contribution in [-0.4, -0.2) is 48.6 Å². The summed E-state index contributed by atoms with van der Waals surface area (Å²) in [5, 5.41) is 3.08. The number of likely N-dealkylation sites (tertiary alicyclic amines) is 1. The summed E-state index contributed by atoms with van der Waals surface area (Å²) in [5.74, 6) is 1.06. The highest BCUT2D eigenvalue weighted by atomic mass is 35.5. The van der Waals surface area contributed by atoms with Crippen molar-refractivity contribution in [1.29, 1.82) is 0 Å². The molecule has 0 saturated carbocycles. The van der Waals surface area contributed by atoms with Gasteiger partial charge in [0.1, 0.15) is 5.69 Å². The van der Waals surface area contributed by atoms with Gasteiger partial charge in [0.25, 0.3) is 0 Å². The molecule has 170 valence electrons. The number of benzene rings is 1. The number of amides is 1. The van der Waals surface area contributed by atoms with E-state index in [1.165, 1.54) is 12.7 Å². The molecule has 0 bridgehead atoms. The third-order valence-corrected chi connectivity index (χ3v) is 5.89. The molecule has 0 unspecified atom stereocenters. The highest BCUT2D eigenvalue weighted by molar-refractivity contribution is 6.01. The minimum Gasteiger partial charge on any atom is -0.481 e. The maximum absolute atomic E-state index is 13.7. The van der Waals surface area contributed by atoms with Gasteiger partial charge in [-0.05, 0) is 43.9 Å². The van der Waals surface area contributed by atoms with Crippen LogP contribution < -0.4 is 14.8 Å². The zero-order valence-corrected chi connectivity index (χ0v) is 20.3. The van der Waals surface area contributed by atoms with Gasteiger partial charge >= 0.3 is 0 Å². The van der Waals surface area contributed by atoms with Crippen LogP contribution in [0.2, 0.25) is 0 Å². The number of nitrogens with zero attached hydrogens (tertiary/aromatic N) is 2. The van der Waals surface area contributed by atoms with Gasteiger partial charge in [0.2, 0.25) is 17.7 Å². The van der Waals surface area contributed by atoms with Crippen LogP contribution in [0.4, 0.5) is 5.69 Å². The van der Waals surface area contributed by atoms with Crippen molar-refractivity contribution in [3.63, 3.8) is 0 Å². The van der Waals surface area contributed by atoms with Crippen molar-refractivity contribution in [2.24, 2.45) is 0 Å². The molecule has 1 aromatic carbocycles. The van der Waals surface area contributed by atoms with Crippen molar-refractivity contribution in [3.8, 4) is 11.8 Å². The number of hydrogen-bond acceptors (Lipinski definition) is 5. The van der Waals surface area contributed by atoms with Crippen molar-refractivity contribution in [3.05, 3.63) is 47.5 Å². The Hall–Kier alpha value is -2.31. The average Bonchev–Trinajstić information content (AvgIpc) is 2.66. The molecule has 1 aliphatic heterocycles. The van der Waals surface area contributed by atoms with Crippen molar-refractivity contribution in [2.45, 2.75) is 51.5 Å². The SMILES string of the molecule is COc1ccc(NC(=O)C2(c3ccccc3C(C)C)CN(C(C)(C)C)C2)c(OC)n1.Cl. The van der Waals surface area contributed by atoms with Crippen molar-refractivity contribution in [1.82, 2.24) is 9.88 Å². The summed E-state index contributed by atoms with van der Waals surface area (Å²) >= 11 is 0. The molecular formula is C24H34ClN3O3. The summed E-state index contributed by atoms with van der Waals surface area (Å²) in [4.78, 5) is 20.4. The van der Waals surface area contributed by atoms with E-state index in [0.29, 0.717) is 36.5 Å². The maximum Gasteiger partial charge on any atom is 0.240 e. The summed E-state index contributed by atoms with van der Waals surface area (Å²) < 4.78 is 10.5. The van der Waals surface area contributed by atoms with E-state index in [1.54, 1.807) is 19.2 Å². The highest BCUT2D eigenvalue weighted by Crippen LogP contribution is 2.43. The lowest BCUT2D eigenvalue weighted by atomic mass is 9.68. The quantitative estimate of drug-likeness (QED) is 0.699. The van der Waals surface area contributed by atoms with E-state index in [0.717, 1.165) is 5.56 Å². The third kappa shape index (κ3) is 4.80. The molecule has 31 heavy (non-hydrogen) atoms. The average molecular weight is 448 g/mol. The number of rotatable bonds is 6. The lowest BCUT2D eigenvalue weighted by Gasteiger charge is -2.55. The second-order valence-corrected chi connectivity index (χ2v) is 9.22. The molecule has 1 aromatic heterocycles. The van der Waals surface area contributed by atoms with Gasteiger partial charge in [0.15, 0.2) is 0 Å². The fourth-order valence-electron chi connectivity index (χ4n) is 3.98. The fraction of sp³-hybridized carbons (Fsp3) is 0.500. The summed E-state index contributed by atoms with van der Waals surface area (Å²) in [7, 11) is 3.08. The molecule has 2 heterocycles. The van der Waals surface area contributed by atoms with Crippen LogP contribution in [0.15, 0.2) is 36.4 Å². The number of halogens is 1. The van der Waals surface area contributed by atoms with Gasteiger partial charge < -0.3 is 14.8 Å². The van der Waals surface area contributed by atoms with Crippen LogP contribution in [-0.2, 0) is 10.2 Å². The lowest BCUT2D eigenvalue weighted by Crippen LogP contribution is -2.69. The minimum absolute atomic E-state index is 0. The number of carbonyl (C=O) groups is 1. The highest BCUT2D eigenvalue weighted by Gasteiger charge is 2.54. The monoisotopic (exact) mass is 447 g/mol. The van der Waals surface area contributed by atoms with Crippen LogP contribution in [0, 0.1) is 0 Å². The predicted octanol–water partition coefficient (Wildman–Crippen LogP) is 4.63. The Balaban J connectivity index is 0.00000341. The number of nitrogens with one attached hydrogen (secondary N) is 1. The summed E-state index contributed by atoms with van der Waals surface area (Å²) in [6.45, 7) is 12.2. The number of aromatic nitrogens is 1. The molecule has 7 heteroatoms. The topological polar surface area (TPSA) is 63.7 Å². The molecule has 1 fully saturated rings. The molecule has 6 nitrogen and oxygen atoms in total. The largest absolute Gasteiger partial charge is 0.481 e. The van der Waals surface area contributed by atoms with E-state index in [9.17, 15) is 4.79 Å². The Morgan fingerprint density at radius 3 is 2.29 bits per heavy atom. The zero-order chi connectivity index (χ0) is 22.1. The van der Waals surface area contributed by atoms with E-state index < -0.39 is 5.41 Å². The van der Waals surface area contributed by atoms with Crippen molar-refractivity contribution in [2.75, 3.05) is 32.6 Å². The van der Waals surface area contributed by atoms with Gasteiger partial charge in [0, 0.05) is 24.7 Å². The molecule has 0 spiro atoms. The first kappa shape index (κ1) is 25.0. The Morgan fingerprint density at radius 1 is 1.10 bits per heavy atom. The van der Waals surface area contributed by atoms with Crippen LogP contribution in [0.5, 0.6) is 11.8 Å². The van der Waals surface area contributed by atoms with Crippen molar-refractivity contribution < 1.29 is 14.3 Å². The van der Waals surface area contributed by atoms with Gasteiger partial charge in [-0.25, -0.2) is 0 Å². The Morgan fingerprint density at radius 2 is 1.74 bits per heavy atom. The summed E-state index contributed by atoms with van der Waals surface area (Å²) in [6.07, 6.45) is 0. The fourth-order valence-corrected chi connectivity index (χ4v) is 3.98. The van der Waals surface area contributed by atoms with Gasteiger partial charge in [-0.3, -0.25) is 9.69 Å².